The van der Waals surface area contributed by atoms with Gasteiger partial charge in [0.05, 0.1) is 17.9 Å². The summed E-state index contributed by atoms with van der Waals surface area (Å²) in [5, 5.41) is 9.60. The molecular weight excluding hydrogens is 383 g/mol. The fraction of sp³-hybridized carbons (Fsp3) is 0.250. The van der Waals surface area contributed by atoms with E-state index in [1.165, 1.54) is 12.3 Å². The second-order valence-corrected chi connectivity index (χ2v) is 6.96. The monoisotopic (exact) mass is 401 g/mol. The molecule has 3 aromatic rings. The van der Waals surface area contributed by atoms with Crippen LogP contribution in [0.5, 0.6) is 0 Å². The van der Waals surface area contributed by atoms with Crippen LogP contribution in [0.1, 0.15) is 40.1 Å². The minimum atomic E-state index is -4.50. The topological polar surface area (TPSA) is 71.8 Å². The van der Waals surface area contributed by atoms with Gasteiger partial charge in [0.2, 0.25) is 0 Å². The highest BCUT2D eigenvalue weighted by atomic mass is 19.4. The van der Waals surface area contributed by atoms with Gasteiger partial charge in [-0.3, -0.25) is 9.78 Å². The summed E-state index contributed by atoms with van der Waals surface area (Å²) in [5.41, 5.74) is 2.10. The van der Waals surface area contributed by atoms with Gasteiger partial charge in [-0.15, -0.1) is 0 Å². The zero-order chi connectivity index (χ0) is 20.6. The van der Waals surface area contributed by atoms with Crippen LogP contribution in [0.25, 0.3) is 0 Å². The number of anilines is 2. The first kappa shape index (κ1) is 19.0. The molecule has 150 valence electrons. The smallest absolute Gasteiger partial charge is 0.363 e. The number of nitrogens with one attached hydrogen (secondary N) is 2. The van der Waals surface area contributed by atoms with Gasteiger partial charge in [0.1, 0.15) is 5.82 Å². The molecule has 2 atom stereocenters. The van der Waals surface area contributed by atoms with E-state index in [0.717, 1.165) is 15.8 Å². The Bertz CT molecular complexity index is 1010. The third-order valence-corrected chi connectivity index (χ3v) is 4.82. The SMILES string of the molecule is Cc1ccc([C@H]2C[C@H](C(F)(F)F)n3nc(C(=O)Nc4cccnc4)cc3N2)cc1. The van der Waals surface area contributed by atoms with Gasteiger partial charge in [-0.1, -0.05) is 29.8 Å². The molecule has 2 aromatic heterocycles. The standard InChI is InChI=1S/C20H18F3N5O/c1-12-4-6-13(7-5-12)15-9-17(20(21,22)23)28-18(26-15)10-16(27-28)19(29)25-14-3-2-8-24-11-14/h2-8,10-11,15,17,26H,9H2,1H3,(H,25,29)/t15-,17-/m1/s1. The summed E-state index contributed by atoms with van der Waals surface area (Å²) in [6.07, 6.45) is -1.72. The number of amides is 1. The van der Waals surface area contributed by atoms with Crippen LogP contribution in [0.3, 0.4) is 0 Å². The molecule has 0 saturated heterocycles. The lowest BCUT2D eigenvalue weighted by Gasteiger charge is -2.33. The van der Waals surface area contributed by atoms with Gasteiger partial charge in [-0.25, -0.2) is 4.68 Å². The van der Waals surface area contributed by atoms with E-state index in [0.29, 0.717) is 5.69 Å². The van der Waals surface area contributed by atoms with Gasteiger partial charge in [-0.2, -0.15) is 18.3 Å². The second-order valence-electron chi connectivity index (χ2n) is 6.96. The lowest BCUT2D eigenvalue weighted by atomic mass is 9.96. The van der Waals surface area contributed by atoms with Crippen molar-refractivity contribution in [2.75, 3.05) is 10.6 Å². The highest BCUT2D eigenvalue weighted by Gasteiger charge is 2.46. The van der Waals surface area contributed by atoms with Crippen LogP contribution in [-0.4, -0.2) is 26.8 Å². The third kappa shape index (κ3) is 3.94. The predicted molar refractivity (Wildman–Crippen MR) is 102 cm³/mol. The molecule has 9 heteroatoms. The number of benzene rings is 1. The van der Waals surface area contributed by atoms with E-state index >= 15 is 0 Å². The molecular formula is C20H18F3N5O. The normalized spacial score (nSPS) is 18.6. The quantitative estimate of drug-likeness (QED) is 0.678. The minimum absolute atomic E-state index is 0.102. The first-order valence-corrected chi connectivity index (χ1v) is 9.02. The first-order valence-electron chi connectivity index (χ1n) is 9.02. The molecule has 0 unspecified atom stereocenters. The molecule has 0 aliphatic carbocycles. The number of pyridine rings is 1. The van der Waals surface area contributed by atoms with Gasteiger partial charge in [0, 0.05) is 18.7 Å². The zero-order valence-electron chi connectivity index (χ0n) is 15.4. The maximum atomic E-state index is 13.7. The fourth-order valence-electron chi connectivity index (χ4n) is 3.33. The Balaban J connectivity index is 1.65. The molecule has 0 fully saturated rings. The summed E-state index contributed by atoms with van der Waals surface area (Å²) in [5.74, 6) is -0.449. The molecule has 0 saturated carbocycles. The molecule has 1 amide bonds. The van der Waals surface area contributed by atoms with E-state index in [-0.39, 0.29) is 17.9 Å². The second kappa shape index (κ2) is 7.23. The predicted octanol–water partition coefficient (Wildman–Crippen LogP) is 4.50. The van der Waals surface area contributed by atoms with Crippen molar-refractivity contribution >= 4 is 17.4 Å². The Kier molecular flexibility index (Phi) is 4.73. The molecule has 1 aliphatic heterocycles. The number of carbonyl (C=O) groups excluding carboxylic acids is 1. The van der Waals surface area contributed by atoms with Gasteiger partial charge >= 0.3 is 6.18 Å². The van der Waals surface area contributed by atoms with Crippen molar-refractivity contribution in [2.45, 2.75) is 31.6 Å². The number of nitrogens with zero attached hydrogens (tertiary/aromatic N) is 3. The molecule has 2 N–H and O–H groups in total. The van der Waals surface area contributed by atoms with Crippen molar-refractivity contribution < 1.29 is 18.0 Å². The molecule has 0 radical (unpaired) electrons. The van der Waals surface area contributed by atoms with E-state index in [1.54, 1.807) is 18.3 Å². The summed E-state index contributed by atoms with van der Waals surface area (Å²) in [6.45, 7) is 1.92. The molecule has 29 heavy (non-hydrogen) atoms. The average Bonchev–Trinajstić information content (AvgIpc) is 3.12. The molecule has 1 aliphatic rings. The number of hydrogen-bond donors (Lipinski definition) is 2. The molecule has 4 rings (SSSR count). The summed E-state index contributed by atoms with van der Waals surface area (Å²) < 4.78 is 42.0. The zero-order valence-corrected chi connectivity index (χ0v) is 15.4. The minimum Gasteiger partial charge on any atom is -0.363 e. The Morgan fingerprint density at radius 3 is 2.66 bits per heavy atom. The van der Waals surface area contributed by atoms with E-state index in [9.17, 15) is 18.0 Å². The van der Waals surface area contributed by atoms with Gasteiger partial charge in [0.15, 0.2) is 11.7 Å². The van der Waals surface area contributed by atoms with Crippen molar-refractivity contribution in [2.24, 2.45) is 0 Å². The fourth-order valence-corrected chi connectivity index (χ4v) is 3.33. The Morgan fingerprint density at radius 1 is 1.24 bits per heavy atom. The van der Waals surface area contributed by atoms with Crippen molar-refractivity contribution in [3.63, 3.8) is 0 Å². The number of aromatic nitrogens is 3. The maximum absolute atomic E-state index is 13.7. The van der Waals surface area contributed by atoms with Crippen molar-refractivity contribution in [3.8, 4) is 0 Å². The lowest BCUT2D eigenvalue weighted by molar-refractivity contribution is -0.173. The Morgan fingerprint density at radius 2 is 2.00 bits per heavy atom. The molecule has 1 aromatic carbocycles. The van der Waals surface area contributed by atoms with Crippen LogP contribution in [0.15, 0.2) is 54.9 Å². The van der Waals surface area contributed by atoms with E-state index in [2.05, 4.69) is 20.7 Å². The highest BCUT2D eigenvalue weighted by Crippen LogP contribution is 2.43. The number of alkyl halides is 3. The van der Waals surface area contributed by atoms with Crippen molar-refractivity contribution in [1.82, 2.24) is 14.8 Å². The van der Waals surface area contributed by atoms with Crippen LogP contribution in [0, 0.1) is 6.92 Å². The summed E-state index contributed by atoms with van der Waals surface area (Å²) in [6, 6.07) is 9.57. The van der Waals surface area contributed by atoms with Crippen LogP contribution >= 0.6 is 0 Å². The number of carbonyl (C=O) groups is 1. The van der Waals surface area contributed by atoms with Crippen LogP contribution < -0.4 is 10.6 Å². The number of aryl methyl sites for hydroxylation is 1. The summed E-state index contributed by atoms with van der Waals surface area (Å²) in [4.78, 5) is 16.3. The number of halogens is 3. The van der Waals surface area contributed by atoms with Crippen molar-refractivity contribution in [3.05, 3.63) is 71.7 Å². The highest BCUT2D eigenvalue weighted by molar-refractivity contribution is 6.03. The number of rotatable bonds is 3. The maximum Gasteiger partial charge on any atom is 0.410 e. The Hall–Kier alpha value is -3.36. The van der Waals surface area contributed by atoms with Gasteiger partial charge < -0.3 is 10.6 Å². The number of fused-ring (bicyclic) bond motifs is 1. The average molecular weight is 401 g/mol. The lowest BCUT2D eigenvalue weighted by Crippen LogP contribution is -2.35. The molecule has 6 nitrogen and oxygen atoms in total. The molecule has 0 bridgehead atoms. The number of hydrogen-bond acceptors (Lipinski definition) is 4. The molecule has 3 heterocycles. The summed E-state index contributed by atoms with van der Waals surface area (Å²) in [7, 11) is 0. The van der Waals surface area contributed by atoms with E-state index in [1.807, 2.05) is 31.2 Å². The third-order valence-electron chi connectivity index (χ3n) is 4.82. The van der Waals surface area contributed by atoms with E-state index < -0.39 is 24.2 Å². The molecule has 0 spiro atoms. The van der Waals surface area contributed by atoms with Crippen LogP contribution in [0.2, 0.25) is 0 Å². The van der Waals surface area contributed by atoms with Crippen LogP contribution in [0.4, 0.5) is 24.7 Å². The Labute approximate surface area is 164 Å². The largest absolute Gasteiger partial charge is 0.410 e. The van der Waals surface area contributed by atoms with E-state index in [4.69, 9.17) is 0 Å². The van der Waals surface area contributed by atoms with Gasteiger partial charge in [0.25, 0.3) is 5.91 Å². The van der Waals surface area contributed by atoms with Gasteiger partial charge in [-0.05, 0) is 24.6 Å². The van der Waals surface area contributed by atoms with Crippen molar-refractivity contribution in [1.29, 1.82) is 0 Å². The summed E-state index contributed by atoms with van der Waals surface area (Å²) >= 11 is 0. The first-order chi connectivity index (χ1) is 13.8. The van der Waals surface area contributed by atoms with Crippen LogP contribution in [-0.2, 0) is 0 Å².